The number of non-ortho nitro benzene ring substituents is 2. The Hall–Kier alpha value is -3.29. The molecule has 2 aromatic carbocycles. The summed E-state index contributed by atoms with van der Waals surface area (Å²) in [4.78, 5) is 34.3. The maximum absolute atomic E-state index is 13.3. The third kappa shape index (κ3) is 2.33. The first kappa shape index (κ1) is 18.5. The van der Waals surface area contributed by atoms with Gasteiger partial charge in [0, 0.05) is 29.9 Å². The quantitative estimate of drug-likeness (QED) is 0.306. The van der Waals surface area contributed by atoms with Crippen molar-refractivity contribution in [1.82, 2.24) is 0 Å². The van der Waals surface area contributed by atoms with Gasteiger partial charge >= 0.3 is 5.97 Å². The summed E-state index contributed by atoms with van der Waals surface area (Å²) in [6.45, 7) is 0. The van der Waals surface area contributed by atoms with Crippen LogP contribution in [-0.2, 0) is 4.74 Å². The number of nitrogens with zero attached hydrogens (tertiary/aromatic N) is 2. The van der Waals surface area contributed by atoms with E-state index < -0.39 is 32.8 Å². The predicted molar refractivity (Wildman–Crippen MR) is 109 cm³/mol. The van der Waals surface area contributed by atoms with Gasteiger partial charge in [0.15, 0.2) is 0 Å². The van der Waals surface area contributed by atoms with Crippen molar-refractivity contribution in [2.75, 3.05) is 0 Å². The normalized spacial score (nSPS) is 33.7. The number of carbonyl (C=O) groups is 1. The van der Waals surface area contributed by atoms with Crippen LogP contribution in [0.4, 0.5) is 11.4 Å². The molecule has 8 heteroatoms. The minimum absolute atomic E-state index is 0.117. The molecule has 158 valence electrons. The van der Waals surface area contributed by atoms with Crippen LogP contribution >= 0.6 is 0 Å². The first-order valence-electron chi connectivity index (χ1n) is 10.7. The lowest BCUT2D eigenvalue weighted by Gasteiger charge is -2.46. The van der Waals surface area contributed by atoms with E-state index in [1.165, 1.54) is 11.1 Å². The van der Waals surface area contributed by atoms with Gasteiger partial charge in [0.1, 0.15) is 5.60 Å². The smallest absolute Gasteiger partial charge is 0.339 e. The molecule has 4 aliphatic carbocycles. The van der Waals surface area contributed by atoms with Crippen molar-refractivity contribution >= 4 is 17.3 Å². The number of nitro groups is 2. The predicted octanol–water partition coefficient (Wildman–Crippen LogP) is 4.73. The highest BCUT2D eigenvalue weighted by molar-refractivity contribution is 5.91. The highest BCUT2D eigenvalue weighted by Gasteiger charge is 2.72. The molecule has 3 fully saturated rings. The van der Waals surface area contributed by atoms with E-state index in [2.05, 4.69) is 18.2 Å². The highest BCUT2D eigenvalue weighted by Crippen LogP contribution is 2.74. The van der Waals surface area contributed by atoms with Crippen LogP contribution in [0.2, 0.25) is 0 Å². The van der Waals surface area contributed by atoms with Crippen LogP contribution in [0.3, 0.4) is 0 Å². The van der Waals surface area contributed by atoms with Crippen molar-refractivity contribution in [3.8, 4) is 0 Å². The van der Waals surface area contributed by atoms with Gasteiger partial charge in [-0.1, -0.05) is 24.3 Å². The average molecular weight is 420 g/mol. The molecule has 0 spiro atoms. The molecule has 6 atom stereocenters. The average Bonchev–Trinajstić information content (AvgIpc) is 3.51. The van der Waals surface area contributed by atoms with E-state index >= 15 is 0 Å². The molecule has 0 radical (unpaired) electrons. The summed E-state index contributed by atoms with van der Waals surface area (Å²) in [5.41, 5.74) is 0.894. The van der Waals surface area contributed by atoms with E-state index in [4.69, 9.17) is 4.74 Å². The fraction of sp³-hybridized carbons (Fsp3) is 0.435. The van der Waals surface area contributed by atoms with Gasteiger partial charge in [0.25, 0.3) is 11.4 Å². The molecule has 8 nitrogen and oxygen atoms in total. The molecule has 0 amide bonds. The van der Waals surface area contributed by atoms with Gasteiger partial charge in [-0.25, -0.2) is 4.79 Å². The maximum atomic E-state index is 13.3. The topological polar surface area (TPSA) is 113 Å². The van der Waals surface area contributed by atoms with Crippen molar-refractivity contribution in [2.24, 2.45) is 17.8 Å². The summed E-state index contributed by atoms with van der Waals surface area (Å²) < 4.78 is 6.32. The molecule has 4 bridgehead atoms. The largest absolute Gasteiger partial charge is 0.454 e. The van der Waals surface area contributed by atoms with Crippen molar-refractivity contribution < 1.29 is 19.4 Å². The number of ether oxygens (including phenoxy) is 1. The summed E-state index contributed by atoms with van der Waals surface area (Å²) in [6.07, 6.45) is 4.14. The molecule has 0 aliphatic heterocycles. The van der Waals surface area contributed by atoms with Crippen LogP contribution in [-0.4, -0.2) is 21.4 Å². The van der Waals surface area contributed by atoms with E-state index in [-0.39, 0.29) is 23.3 Å². The molecular weight excluding hydrogens is 400 g/mol. The van der Waals surface area contributed by atoms with Gasteiger partial charge in [-0.3, -0.25) is 20.2 Å². The maximum Gasteiger partial charge on any atom is 0.339 e. The number of fused-ring (bicyclic) bond motifs is 12. The molecule has 0 heterocycles. The Morgan fingerprint density at radius 1 is 0.968 bits per heavy atom. The molecule has 3 saturated carbocycles. The van der Waals surface area contributed by atoms with Crippen molar-refractivity contribution in [3.63, 3.8) is 0 Å². The number of nitro benzene ring substituents is 2. The van der Waals surface area contributed by atoms with Gasteiger partial charge in [0.05, 0.1) is 21.5 Å². The van der Waals surface area contributed by atoms with E-state index in [9.17, 15) is 25.0 Å². The Morgan fingerprint density at radius 3 is 2.32 bits per heavy atom. The highest BCUT2D eigenvalue weighted by atomic mass is 16.6. The summed E-state index contributed by atoms with van der Waals surface area (Å²) in [7, 11) is 0. The molecule has 6 unspecified atom stereocenters. The van der Waals surface area contributed by atoms with E-state index in [1.807, 2.05) is 6.07 Å². The number of hydrogen-bond donors (Lipinski definition) is 0. The van der Waals surface area contributed by atoms with Crippen LogP contribution < -0.4 is 0 Å². The minimum Gasteiger partial charge on any atom is -0.454 e. The number of rotatable bonds is 4. The van der Waals surface area contributed by atoms with Crippen LogP contribution in [0.1, 0.15) is 59.0 Å². The van der Waals surface area contributed by atoms with E-state index in [1.54, 1.807) is 0 Å². The second kappa shape index (κ2) is 6.12. The molecule has 0 aromatic heterocycles. The second-order valence-corrected chi connectivity index (χ2v) is 9.31. The fourth-order valence-corrected chi connectivity index (χ4v) is 7.36. The third-order valence-electron chi connectivity index (χ3n) is 8.21. The number of esters is 1. The molecule has 0 saturated heterocycles. The Labute approximate surface area is 177 Å². The molecule has 4 aliphatic rings. The monoisotopic (exact) mass is 420 g/mol. The van der Waals surface area contributed by atoms with Gasteiger partial charge in [-0.15, -0.1) is 0 Å². The summed E-state index contributed by atoms with van der Waals surface area (Å²) >= 11 is 0. The van der Waals surface area contributed by atoms with Gasteiger partial charge < -0.3 is 4.74 Å². The molecular formula is C23H20N2O6. The number of benzene rings is 2. The SMILES string of the molecule is O=C(OC12C3CCC(C3)C1C1CC2c2ccccc21)c1cc([N+](=O)[O-])cc([N+](=O)[O-])c1. The van der Waals surface area contributed by atoms with Crippen LogP contribution in [0.15, 0.2) is 42.5 Å². The zero-order chi connectivity index (χ0) is 21.5. The van der Waals surface area contributed by atoms with E-state index in [0.717, 1.165) is 43.9 Å². The molecule has 31 heavy (non-hydrogen) atoms. The van der Waals surface area contributed by atoms with Crippen LogP contribution in [0.25, 0.3) is 0 Å². The summed E-state index contributed by atoms with van der Waals surface area (Å²) in [5, 5.41) is 22.5. The first-order chi connectivity index (χ1) is 14.9. The first-order valence-corrected chi connectivity index (χ1v) is 10.7. The number of hydrogen-bond acceptors (Lipinski definition) is 6. The third-order valence-corrected chi connectivity index (χ3v) is 8.21. The van der Waals surface area contributed by atoms with Crippen LogP contribution in [0, 0.1) is 38.0 Å². The molecule has 2 aromatic rings. The fourth-order valence-electron chi connectivity index (χ4n) is 7.36. The van der Waals surface area contributed by atoms with Crippen molar-refractivity contribution in [3.05, 3.63) is 79.4 Å². The summed E-state index contributed by atoms with van der Waals surface area (Å²) in [6, 6.07) is 11.4. The van der Waals surface area contributed by atoms with Gasteiger partial charge in [-0.2, -0.15) is 0 Å². The minimum atomic E-state index is -0.726. The zero-order valence-corrected chi connectivity index (χ0v) is 16.6. The number of carbonyl (C=O) groups excluding carboxylic acids is 1. The Morgan fingerprint density at radius 2 is 1.65 bits per heavy atom. The molecule has 0 N–H and O–H groups in total. The van der Waals surface area contributed by atoms with Gasteiger partial charge in [0.2, 0.25) is 0 Å². The second-order valence-electron chi connectivity index (χ2n) is 9.31. The zero-order valence-electron chi connectivity index (χ0n) is 16.6. The lowest BCUT2D eigenvalue weighted by molar-refractivity contribution is -0.394. The standard InChI is InChI=1S/C23H20N2O6/c26-22(13-8-15(24(27)28)10-16(9-13)25(29)30)31-23-14-6-5-12(7-14)21(23)19-11-20(23)18-4-2-1-3-17(18)19/h1-4,8-10,12,14,19-21H,5-7,11H2. The van der Waals surface area contributed by atoms with E-state index in [0.29, 0.717) is 11.8 Å². The van der Waals surface area contributed by atoms with Gasteiger partial charge in [-0.05, 0) is 48.6 Å². The van der Waals surface area contributed by atoms with Crippen molar-refractivity contribution in [2.45, 2.75) is 43.1 Å². The Balaban J connectivity index is 1.42. The molecule has 6 rings (SSSR count). The lowest BCUT2D eigenvalue weighted by Crippen LogP contribution is -2.50. The van der Waals surface area contributed by atoms with Crippen molar-refractivity contribution in [1.29, 1.82) is 0 Å². The lowest BCUT2D eigenvalue weighted by atomic mass is 9.65. The van der Waals surface area contributed by atoms with Crippen LogP contribution in [0.5, 0.6) is 0 Å². The Bertz CT molecular complexity index is 1130. The Kier molecular flexibility index (Phi) is 3.65. The summed E-state index contributed by atoms with van der Waals surface area (Å²) in [5.74, 6) is 0.817.